The van der Waals surface area contributed by atoms with Crippen LogP contribution in [0.1, 0.15) is 12.0 Å². The highest BCUT2D eigenvalue weighted by Crippen LogP contribution is 2.09. The van der Waals surface area contributed by atoms with E-state index in [1.807, 2.05) is 11.8 Å². The van der Waals surface area contributed by atoms with E-state index in [0.717, 1.165) is 6.54 Å². The first-order chi connectivity index (χ1) is 6.33. The summed E-state index contributed by atoms with van der Waals surface area (Å²) in [7, 11) is 0. The van der Waals surface area contributed by atoms with Gasteiger partial charge in [0.15, 0.2) is 0 Å². The van der Waals surface area contributed by atoms with E-state index in [1.54, 1.807) is 0 Å². The summed E-state index contributed by atoms with van der Waals surface area (Å²) < 4.78 is 0. The molecule has 0 spiro atoms. The Morgan fingerprint density at radius 3 is 2.92 bits per heavy atom. The Hall–Kier alpha value is -0.630. The van der Waals surface area contributed by atoms with E-state index in [0.29, 0.717) is 0 Å². The molecule has 0 aromatic heterocycles. The van der Waals surface area contributed by atoms with Crippen molar-refractivity contribution >= 4 is 17.4 Å². The summed E-state index contributed by atoms with van der Waals surface area (Å²) in [5.74, 6) is 1.23. The zero-order chi connectivity index (χ0) is 9.52. The van der Waals surface area contributed by atoms with Crippen LogP contribution in [0, 0.1) is 6.92 Å². The molecule has 0 aliphatic rings. The Balaban J connectivity index is 2.28. The number of rotatable bonds is 5. The summed E-state index contributed by atoms with van der Waals surface area (Å²) in [6.45, 7) is 3.19. The van der Waals surface area contributed by atoms with Gasteiger partial charge in [0.2, 0.25) is 0 Å². The van der Waals surface area contributed by atoms with Crippen molar-refractivity contribution in [2.24, 2.45) is 0 Å². The molecule has 2 heteroatoms. The lowest BCUT2D eigenvalue weighted by Gasteiger charge is -2.05. The number of hydrogen-bond acceptors (Lipinski definition) is 2. The van der Waals surface area contributed by atoms with Crippen LogP contribution in [-0.4, -0.2) is 18.6 Å². The largest absolute Gasteiger partial charge is 0.385 e. The van der Waals surface area contributed by atoms with Crippen molar-refractivity contribution in [1.29, 1.82) is 0 Å². The van der Waals surface area contributed by atoms with Crippen molar-refractivity contribution in [3.63, 3.8) is 0 Å². The van der Waals surface area contributed by atoms with Crippen LogP contribution in [0.15, 0.2) is 24.3 Å². The van der Waals surface area contributed by atoms with Crippen LogP contribution in [0.5, 0.6) is 0 Å². The first kappa shape index (κ1) is 10.5. The first-order valence-corrected chi connectivity index (χ1v) is 6.02. The van der Waals surface area contributed by atoms with Crippen molar-refractivity contribution in [3.05, 3.63) is 29.8 Å². The highest BCUT2D eigenvalue weighted by Gasteiger charge is 1.90. The van der Waals surface area contributed by atoms with Gasteiger partial charge in [-0.1, -0.05) is 12.1 Å². The van der Waals surface area contributed by atoms with Crippen molar-refractivity contribution in [3.8, 4) is 0 Å². The normalized spacial score (nSPS) is 10.0. The molecular formula is C11H17NS. The Bertz CT molecular complexity index is 248. The van der Waals surface area contributed by atoms with Gasteiger partial charge in [-0.3, -0.25) is 0 Å². The Morgan fingerprint density at radius 1 is 1.38 bits per heavy atom. The molecule has 0 amide bonds. The summed E-state index contributed by atoms with van der Waals surface area (Å²) in [6.07, 6.45) is 3.38. The smallest absolute Gasteiger partial charge is 0.0342 e. The van der Waals surface area contributed by atoms with E-state index in [1.165, 1.54) is 23.4 Å². The van der Waals surface area contributed by atoms with E-state index < -0.39 is 0 Å². The van der Waals surface area contributed by atoms with Gasteiger partial charge in [0.05, 0.1) is 0 Å². The number of benzene rings is 1. The van der Waals surface area contributed by atoms with Crippen LogP contribution >= 0.6 is 11.8 Å². The number of nitrogens with one attached hydrogen (secondary N) is 1. The number of aryl methyl sites for hydroxylation is 1. The highest BCUT2D eigenvalue weighted by molar-refractivity contribution is 7.98. The molecule has 1 aromatic rings. The van der Waals surface area contributed by atoms with Gasteiger partial charge in [-0.2, -0.15) is 11.8 Å². The van der Waals surface area contributed by atoms with E-state index in [-0.39, 0.29) is 0 Å². The van der Waals surface area contributed by atoms with Crippen LogP contribution < -0.4 is 5.32 Å². The van der Waals surface area contributed by atoms with Crippen molar-refractivity contribution in [1.82, 2.24) is 0 Å². The average Bonchev–Trinajstić information content (AvgIpc) is 2.13. The van der Waals surface area contributed by atoms with E-state index in [4.69, 9.17) is 0 Å². The Morgan fingerprint density at radius 2 is 2.23 bits per heavy atom. The van der Waals surface area contributed by atoms with Crippen LogP contribution in [0.25, 0.3) is 0 Å². The summed E-state index contributed by atoms with van der Waals surface area (Å²) >= 11 is 1.90. The number of hydrogen-bond donors (Lipinski definition) is 1. The van der Waals surface area contributed by atoms with Gasteiger partial charge in [0, 0.05) is 12.2 Å². The zero-order valence-electron chi connectivity index (χ0n) is 8.34. The van der Waals surface area contributed by atoms with Gasteiger partial charge in [0.25, 0.3) is 0 Å². The fourth-order valence-electron chi connectivity index (χ4n) is 1.20. The van der Waals surface area contributed by atoms with Gasteiger partial charge < -0.3 is 5.32 Å². The lowest BCUT2D eigenvalue weighted by atomic mass is 10.2. The molecule has 0 aliphatic heterocycles. The van der Waals surface area contributed by atoms with Gasteiger partial charge in [-0.05, 0) is 43.0 Å². The molecule has 0 atom stereocenters. The average molecular weight is 195 g/mol. The second kappa shape index (κ2) is 5.92. The first-order valence-electron chi connectivity index (χ1n) is 4.62. The minimum Gasteiger partial charge on any atom is -0.385 e. The predicted octanol–water partition coefficient (Wildman–Crippen LogP) is 3.16. The molecule has 0 saturated heterocycles. The fourth-order valence-corrected chi connectivity index (χ4v) is 1.64. The standard InChI is InChI=1S/C11H17NS/c1-10-5-3-6-11(9-10)12-7-4-8-13-2/h3,5-6,9,12H,4,7-8H2,1-2H3. The summed E-state index contributed by atoms with van der Waals surface area (Å²) in [5.41, 5.74) is 2.55. The van der Waals surface area contributed by atoms with Gasteiger partial charge >= 0.3 is 0 Å². The quantitative estimate of drug-likeness (QED) is 0.724. The SMILES string of the molecule is CSCCCNc1cccc(C)c1. The Kier molecular flexibility index (Phi) is 4.76. The van der Waals surface area contributed by atoms with Crippen LogP contribution in [-0.2, 0) is 0 Å². The second-order valence-electron chi connectivity index (χ2n) is 3.14. The summed E-state index contributed by atoms with van der Waals surface area (Å²) in [6, 6.07) is 8.50. The van der Waals surface area contributed by atoms with E-state index in [2.05, 4.69) is 42.8 Å². The minimum atomic E-state index is 1.07. The third kappa shape index (κ3) is 4.23. The van der Waals surface area contributed by atoms with E-state index in [9.17, 15) is 0 Å². The monoisotopic (exact) mass is 195 g/mol. The number of anilines is 1. The molecule has 72 valence electrons. The van der Waals surface area contributed by atoms with Crippen molar-refractivity contribution in [2.45, 2.75) is 13.3 Å². The van der Waals surface area contributed by atoms with Crippen molar-refractivity contribution < 1.29 is 0 Å². The van der Waals surface area contributed by atoms with Gasteiger partial charge in [-0.15, -0.1) is 0 Å². The van der Waals surface area contributed by atoms with Gasteiger partial charge in [0.1, 0.15) is 0 Å². The predicted molar refractivity (Wildman–Crippen MR) is 62.7 cm³/mol. The molecule has 0 fully saturated rings. The van der Waals surface area contributed by atoms with Gasteiger partial charge in [-0.25, -0.2) is 0 Å². The minimum absolute atomic E-state index is 1.07. The van der Waals surface area contributed by atoms with Crippen LogP contribution in [0.4, 0.5) is 5.69 Å². The van der Waals surface area contributed by atoms with Crippen molar-refractivity contribution in [2.75, 3.05) is 23.9 Å². The molecule has 0 bridgehead atoms. The molecule has 1 nitrogen and oxygen atoms in total. The third-order valence-electron chi connectivity index (χ3n) is 1.87. The maximum absolute atomic E-state index is 3.41. The Labute approximate surface area is 84.9 Å². The summed E-state index contributed by atoms with van der Waals surface area (Å²) in [5, 5.41) is 3.41. The summed E-state index contributed by atoms with van der Waals surface area (Å²) in [4.78, 5) is 0. The zero-order valence-corrected chi connectivity index (χ0v) is 9.16. The van der Waals surface area contributed by atoms with Crippen LogP contribution in [0.2, 0.25) is 0 Å². The number of thioether (sulfide) groups is 1. The third-order valence-corrected chi connectivity index (χ3v) is 2.57. The molecule has 0 heterocycles. The molecule has 0 radical (unpaired) electrons. The molecule has 1 rings (SSSR count). The molecule has 0 saturated carbocycles. The highest BCUT2D eigenvalue weighted by atomic mass is 32.2. The topological polar surface area (TPSA) is 12.0 Å². The molecule has 13 heavy (non-hydrogen) atoms. The molecule has 1 N–H and O–H groups in total. The molecule has 0 aliphatic carbocycles. The van der Waals surface area contributed by atoms with Crippen LogP contribution in [0.3, 0.4) is 0 Å². The second-order valence-corrected chi connectivity index (χ2v) is 4.13. The molecule has 1 aromatic carbocycles. The lowest BCUT2D eigenvalue weighted by Crippen LogP contribution is -2.02. The maximum Gasteiger partial charge on any atom is 0.0342 e. The fraction of sp³-hybridized carbons (Fsp3) is 0.455. The molecular weight excluding hydrogens is 178 g/mol. The molecule has 0 unspecified atom stereocenters. The lowest BCUT2D eigenvalue weighted by molar-refractivity contribution is 0.993. The van der Waals surface area contributed by atoms with E-state index >= 15 is 0 Å². The maximum atomic E-state index is 3.41.